The van der Waals surface area contributed by atoms with Crippen molar-refractivity contribution in [2.24, 2.45) is 0 Å². The number of aromatic nitrogens is 3. The van der Waals surface area contributed by atoms with Crippen LogP contribution in [0, 0.1) is 0 Å². The van der Waals surface area contributed by atoms with E-state index in [1.54, 1.807) is 6.92 Å². The fourth-order valence-corrected chi connectivity index (χ4v) is 3.71. The number of likely N-dealkylation sites (tertiary alicyclic amines) is 2. The molecule has 2 fully saturated rings. The predicted octanol–water partition coefficient (Wildman–Crippen LogP) is 1.62. The lowest BCUT2D eigenvalue weighted by atomic mass is 9.96. The van der Waals surface area contributed by atoms with Gasteiger partial charge in [0.1, 0.15) is 11.6 Å². The Bertz CT molecular complexity index is 513. The number of hydrogen-bond donors (Lipinski definition) is 0. The average molecular weight is 305 g/mol. The largest absolute Gasteiger partial charge is 0.343 e. The van der Waals surface area contributed by atoms with Gasteiger partial charge in [0.25, 0.3) is 0 Å². The Morgan fingerprint density at radius 3 is 2.41 bits per heavy atom. The Morgan fingerprint density at radius 1 is 1.14 bits per heavy atom. The summed E-state index contributed by atoms with van der Waals surface area (Å²) in [5, 5.41) is 8.98. The minimum Gasteiger partial charge on any atom is -0.343 e. The SMILES string of the molecule is CCn1c(CN2CCCC2)nnc1C1CCN(C(C)=O)CC1. The van der Waals surface area contributed by atoms with E-state index in [0.29, 0.717) is 5.92 Å². The molecule has 0 bridgehead atoms. The summed E-state index contributed by atoms with van der Waals surface area (Å²) in [6.07, 6.45) is 4.61. The quantitative estimate of drug-likeness (QED) is 0.848. The molecule has 0 spiro atoms. The summed E-state index contributed by atoms with van der Waals surface area (Å²) in [6, 6.07) is 0. The molecule has 0 radical (unpaired) electrons. The van der Waals surface area contributed by atoms with E-state index < -0.39 is 0 Å². The van der Waals surface area contributed by atoms with Gasteiger partial charge in [0.15, 0.2) is 0 Å². The third-order valence-corrected chi connectivity index (χ3v) is 5.04. The summed E-state index contributed by atoms with van der Waals surface area (Å²) >= 11 is 0. The van der Waals surface area contributed by atoms with Gasteiger partial charge in [-0.2, -0.15) is 0 Å². The van der Waals surface area contributed by atoms with E-state index >= 15 is 0 Å². The van der Waals surface area contributed by atoms with E-state index in [-0.39, 0.29) is 5.91 Å². The summed E-state index contributed by atoms with van der Waals surface area (Å²) < 4.78 is 2.30. The lowest BCUT2D eigenvalue weighted by Gasteiger charge is -2.31. The molecule has 122 valence electrons. The maximum atomic E-state index is 11.4. The number of nitrogens with zero attached hydrogens (tertiary/aromatic N) is 5. The first-order chi connectivity index (χ1) is 10.7. The van der Waals surface area contributed by atoms with E-state index in [1.165, 1.54) is 25.9 Å². The Balaban J connectivity index is 1.68. The molecule has 0 saturated carbocycles. The second-order valence-electron chi connectivity index (χ2n) is 6.48. The van der Waals surface area contributed by atoms with Crippen LogP contribution in [-0.2, 0) is 17.9 Å². The Hall–Kier alpha value is -1.43. The van der Waals surface area contributed by atoms with Crippen LogP contribution in [-0.4, -0.2) is 56.7 Å². The van der Waals surface area contributed by atoms with Gasteiger partial charge in [-0.3, -0.25) is 9.69 Å². The van der Waals surface area contributed by atoms with Crippen LogP contribution in [0.4, 0.5) is 0 Å². The summed E-state index contributed by atoms with van der Waals surface area (Å²) in [5.41, 5.74) is 0. The molecule has 0 unspecified atom stereocenters. The molecular formula is C16H27N5O. The number of carbonyl (C=O) groups excluding carboxylic acids is 1. The van der Waals surface area contributed by atoms with Crippen LogP contribution in [0.15, 0.2) is 0 Å². The van der Waals surface area contributed by atoms with Crippen LogP contribution in [0.25, 0.3) is 0 Å². The molecule has 6 heteroatoms. The van der Waals surface area contributed by atoms with Crippen LogP contribution >= 0.6 is 0 Å². The maximum Gasteiger partial charge on any atom is 0.219 e. The summed E-state index contributed by atoms with van der Waals surface area (Å²) in [6.45, 7) is 9.74. The fourth-order valence-electron chi connectivity index (χ4n) is 3.71. The van der Waals surface area contributed by atoms with Crippen molar-refractivity contribution in [2.45, 2.75) is 58.5 Å². The monoisotopic (exact) mass is 305 g/mol. The molecule has 0 N–H and O–H groups in total. The molecule has 2 saturated heterocycles. The Morgan fingerprint density at radius 2 is 1.82 bits per heavy atom. The highest BCUT2D eigenvalue weighted by Crippen LogP contribution is 2.27. The minimum atomic E-state index is 0.185. The molecule has 2 aliphatic heterocycles. The average Bonchev–Trinajstić information content (AvgIpc) is 3.17. The molecule has 0 aliphatic carbocycles. The first-order valence-corrected chi connectivity index (χ1v) is 8.59. The van der Waals surface area contributed by atoms with Gasteiger partial charge in [0.2, 0.25) is 5.91 Å². The number of hydrogen-bond acceptors (Lipinski definition) is 4. The zero-order valence-corrected chi connectivity index (χ0v) is 13.8. The number of carbonyl (C=O) groups is 1. The first-order valence-electron chi connectivity index (χ1n) is 8.59. The third-order valence-electron chi connectivity index (χ3n) is 5.04. The van der Waals surface area contributed by atoms with Crippen molar-refractivity contribution >= 4 is 5.91 Å². The molecule has 3 rings (SSSR count). The zero-order valence-electron chi connectivity index (χ0n) is 13.8. The Kier molecular flexibility index (Phi) is 4.76. The van der Waals surface area contributed by atoms with Crippen molar-refractivity contribution in [3.05, 3.63) is 11.6 Å². The normalized spacial score (nSPS) is 20.7. The van der Waals surface area contributed by atoms with Crippen molar-refractivity contribution in [1.82, 2.24) is 24.6 Å². The second kappa shape index (κ2) is 6.77. The molecule has 2 aliphatic rings. The third kappa shape index (κ3) is 3.16. The van der Waals surface area contributed by atoms with Crippen molar-refractivity contribution in [3.63, 3.8) is 0 Å². The highest BCUT2D eigenvalue weighted by molar-refractivity contribution is 5.73. The molecule has 22 heavy (non-hydrogen) atoms. The van der Waals surface area contributed by atoms with Crippen molar-refractivity contribution in [2.75, 3.05) is 26.2 Å². The van der Waals surface area contributed by atoms with Gasteiger partial charge in [0.05, 0.1) is 6.54 Å². The van der Waals surface area contributed by atoms with Gasteiger partial charge in [0, 0.05) is 32.5 Å². The van der Waals surface area contributed by atoms with Crippen LogP contribution in [0.1, 0.15) is 57.1 Å². The minimum absolute atomic E-state index is 0.185. The molecule has 1 aromatic rings. The lowest BCUT2D eigenvalue weighted by Crippen LogP contribution is -2.37. The van der Waals surface area contributed by atoms with Gasteiger partial charge >= 0.3 is 0 Å². The smallest absolute Gasteiger partial charge is 0.219 e. The number of amides is 1. The van der Waals surface area contributed by atoms with Gasteiger partial charge in [-0.1, -0.05) is 0 Å². The van der Waals surface area contributed by atoms with Crippen molar-refractivity contribution in [3.8, 4) is 0 Å². The van der Waals surface area contributed by atoms with Gasteiger partial charge in [-0.25, -0.2) is 0 Å². The zero-order chi connectivity index (χ0) is 15.5. The van der Waals surface area contributed by atoms with Gasteiger partial charge < -0.3 is 9.47 Å². The molecular weight excluding hydrogens is 278 g/mol. The van der Waals surface area contributed by atoms with E-state index in [4.69, 9.17) is 0 Å². The van der Waals surface area contributed by atoms with Crippen LogP contribution in [0.2, 0.25) is 0 Å². The van der Waals surface area contributed by atoms with Gasteiger partial charge in [-0.15, -0.1) is 10.2 Å². The standard InChI is InChI=1S/C16H27N5O/c1-3-21-15(12-19-8-4-5-9-19)17-18-16(21)14-6-10-20(11-7-14)13(2)22/h14H,3-12H2,1-2H3. The fraction of sp³-hybridized carbons (Fsp3) is 0.812. The molecule has 0 aromatic carbocycles. The summed E-state index contributed by atoms with van der Waals surface area (Å²) in [5.74, 6) is 2.86. The molecule has 1 aromatic heterocycles. The van der Waals surface area contributed by atoms with Crippen molar-refractivity contribution < 1.29 is 4.79 Å². The van der Waals surface area contributed by atoms with E-state index in [0.717, 1.165) is 50.7 Å². The van der Waals surface area contributed by atoms with E-state index in [1.807, 2.05) is 4.90 Å². The Labute approximate surface area is 132 Å². The molecule has 6 nitrogen and oxygen atoms in total. The van der Waals surface area contributed by atoms with Crippen LogP contribution < -0.4 is 0 Å². The van der Waals surface area contributed by atoms with E-state index in [2.05, 4.69) is 26.6 Å². The number of rotatable bonds is 4. The highest BCUT2D eigenvalue weighted by Gasteiger charge is 2.27. The maximum absolute atomic E-state index is 11.4. The van der Waals surface area contributed by atoms with Crippen LogP contribution in [0.5, 0.6) is 0 Å². The topological polar surface area (TPSA) is 54.3 Å². The van der Waals surface area contributed by atoms with Crippen LogP contribution in [0.3, 0.4) is 0 Å². The highest BCUT2D eigenvalue weighted by atomic mass is 16.2. The molecule has 1 amide bonds. The van der Waals surface area contributed by atoms with Crippen molar-refractivity contribution in [1.29, 1.82) is 0 Å². The van der Waals surface area contributed by atoms with Gasteiger partial charge in [-0.05, 0) is 45.7 Å². The summed E-state index contributed by atoms with van der Waals surface area (Å²) in [7, 11) is 0. The predicted molar refractivity (Wildman–Crippen MR) is 84.4 cm³/mol. The first kappa shape index (κ1) is 15.5. The summed E-state index contributed by atoms with van der Waals surface area (Å²) in [4.78, 5) is 15.9. The number of piperidine rings is 1. The second-order valence-corrected chi connectivity index (χ2v) is 6.48. The lowest BCUT2D eigenvalue weighted by molar-refractivity contribution is -0.129. The van der Waals surface area contributed by atoms with E-state index in [9.17, 15) is 4.79 Å². The molecule has 0 atom stereocenters. The molecule has 3 heterocycles.